The molecule has 0 spiro atoms. The lowest BCUT2D eigenvalue weighted by molar-refractivity contribution is 0.552. The molecule has 1 saturated carbocycles. The number of nitrogens with zero attached hydrogens (tertiary/aromatic N) is 2. The minimum atomic E-state index is 0.709. The number of hydrogen-bond donors (Lipinski definition) is 0. The Morgan fingerprint density at radius 1 is 1.17 bits per heavy atom. The normalized spacial score (nSPS) is 14.3. The molecule has 0 radical (unpaired) electrons. The summed E-state index contributed by atoms with van der Waals surface area (Å²) in [5.74, 6) is 0.709. The topological polar surface area (TPSA) is 15.6 Å². The fourth-order valence-corrected chi connectivity index (χ4v) is 3.06. The molecule has 126 valence electrons. The summed E-state index contributed by atoms with van der Waals surface area (Å²) in [5, 5.41) is 0. The molecule has 24 heavy (non-hydrogen) atoms. The zero-order chi connectivity index (χ0) is 17.1. The molecular formula is C22H28N2. The van der Waals surface area contributed by atoms with E-state index in [-0.39, 0.29) is 0 Å². The van der Waals surface area contributed by atoms with Crippen LogP contribution in [0.2, 0.25) is 0 Å². The summed E-state index contributed by atoms with van der Waals surface area (Å²) in [6, 6.07) is 13.5. The van der Waals surface area contributed by atoms with E-state index >= 15 is 0 Å². The van der Waals surface area contributed by atoms with E-state index < -0.39 is 0 Å². The van der Waals surface area contributed by atoms with E-state index in [0.29, 0.717) is 5.92 Å². The zero-order valence-corrected chi connectivity index (χ0v) is 15.3. The summed E-state index contributed by atoms with van der Waals surface area (Å²) in [7, 11) is 2.07. The van der Waals surface area contributed by atoms with E-state index in [9.17, 15) is 0 Å². The number of rotatable bonds is 6. The molecule has 3 rings (SSSR count). The molecule has 2 aromatic rings. The molecule has 0 saturated heterocycles. The maximum Gasteiger partial charge on any atom is 0.0909 e. The van der Waals surface area contributed by atoms with Crippen molar-refractivity contribution in [1.29, 1.82) is 0 Å². The summed E-state index contributed by atoms with van der Waals surface area (Å²) in [4.78, 5) is 6.88. The minimum Gasteiger partial charge on any atom is -0.366 e. The van der Waals surface area contributed by atoms with Crippen molar-refractivity contribution in [2.24, 2.45) is 4.99 Å². The average Bonchev–Trinajstić information content (AvgIpc) is 3.39. The van der Waals surface area contributed by atoms with Gasteiger partial charge in [0.15, 0.2) is 0 Å². The third-order valence-corrected chi connectivity index (χ3v) is 4.87. The van der Waals surface area contributed by atoms with Crippen LogP contribution in [0.1, 0.15) is 53.5 Å². The Balaban J connectivity index is 1.91. The summed E-state index contributed by atoms with van der Waals surface area (Å²) < 4.78 is 0. The second-order valence-corrected chi connectivity index (χ2v) is 7.10. The van der Waals surface area contributed by atoms with E-state index in [4.69, 9.17) is 4.99 Å². The van der Waals surface area contributed by atoms with Crippen molar-refractivity contribution in [3.05, 3.63) is 64.2 Å². The van der Waals surface area contributed by atoms with Gasteiger partial charge in [0.25, 0.3) is 0 Å². The molecule has 1 aliphatic rings. The van der Waals surface area contributed by atoms with Gasteiger partial charge in [-0.1, -0.05) is 35.9 Å². The van der Waals surface area contributed by atoms with Crippen LogP contribution in [0, 0.1) is 13.8 Å². The number of aryl methyl sites for hydroxylation is 2. The Hall–Kier alpha value is -2.09. The van der Waals surface area contributed by atoms with Crippen molar-refractivity contribution < 1.29 is 0 Å². The lowest BCUT2D eigenvalue weighted by Gasteiger charge is -2.14. The molecule has 0 heterocycles. The summed E-state index contributed by atoms with van der Waals surface area (Å²) in [6.45, 7) is 7.50. The molecule has 2 nitrogen and oxygen atoms in total. The summed E-state index contributed by atoms with van der Waals surface area (Å²) in [5.41, 5.74) is 8.09. The molecule has 2 aromatic carbocycles. The van der Waals surface area contributed by atoms with Gasteiger partial charge < -0.3 is 4.90 Å². The lowest BCUT2D eigenvalue weighted by Crippen LogP contribution is -2.14. The fraction of sp³-hybridized carbons (Fsp3) is 0.409. The van der Waals surface area contributed by atoms with Gasteiger partial charge in [0.1, 0.15) is 0 Å². The molecule has 0 N–H and O–H groups in total. The van der Waals surface area contributed by atoms with E-state index in [1.165, 1.54) is 40.7 Å². The largest absolute Gasteiger partial charge is 0.366 e. The van der Waals surface area contributed by atoms with Gasteiger partial charge in [-0.2, -0.15) is 0 Å². The third-order valence-electron chi connectivity index (χ3n) is 4.87. The fourth-order valence-electron chi connectivity index (χ4n) is 3.06. The highest BCUT2D eigenvalue weighted by molar-refractivity contribution is 5.65. The average molecular weight is 320 g/mol. The van der Waals surface area contributed by atoms with Gasteiger partial charge in [-0.15, -0.1) is 0 Å². The zero-order valence-electron chi connectivity index (χ0n) is 15.3. The second kappa shape index (κ2) is 7.21. The monoisotopic (exact) mass is 320 g/mol. The molecule has 0 atom stereocenters. The van der Waals surface area contributed by atoms with Gasteiger partial charge in [-0.05, 0) is 74.3 Å². The number of benzene rings is 2. The van der Waals surface area contributed by atoms with Gasteiger partial charge in [-0.3, -0.25) is 0 Å². The van der Waals surface area contributed by atoms with Gasteiger partial charge in [0.05, 0.1) is 12.0 Å². The number of aliphatic imine (C=N–C) groups is 1. The second-order valence-electron chi connectivity index (χ2n) is 7.10. The Labute approximate surface area is 146 Å². The van der Waals surface area contributed by atoms with Crippen LogP contribution >= 0.6 is 0 Å². The molecule has 0 unspecified atom stereocenters. The molecule has 0 aromatic heterocycles. The highest BCUT2D eigenvalue weighted by Gasteiger charge is 2.26. The van der Waals surface area contributed by atoms with Crippen LogP contribution in [0.15, 0.2) is 41.4 Å². The first-order valence-corrected chi connectivity index (χ1v) is 9.00. The van der Waals surface area contributed by atoms with Crippen molar-refractivity contribution in [2.45, 2.75) is 46.0 Å². The van der Waals surface area contributed by atoms with Crippen molar-refractivity contribution in [2.75, 3.05) is 13.6 Å². The van der Waals surface area contributed by atoms with Crippen LogP contribution in [-0.4, -0.2) is 24.8 Å². The molecule has 1 aliphatic carbocycles. The van der Waals surface area contributed by atoms with E-state index in [2.05, 4.69) is 69.1 Å². The van der Waals surface area contributed by atoms with Crippen LogP contribution < -0.4 is 0 Å². The van der Waals surface area contributed by atoms with E-state index in [1.807, 2.05) is 6.34 Å². The molecule has 0 aliphatic heterocycles. The first kappa shape index (κ1) is 16.8. The first-order valence-electron chi connectivity index (χ1n) is 9.00. The lowest BCUT2D eigenvalue weighted by atomic mass is 9.95. The van der Waals surface area contributed by atoms with Crippen molar-refractivity contribution in [3.63, 3.8) is 0 Å². The highest BCUT2D eigenvalue weighted by Crippen LogP contribution is 2.45. The third kappa shape index (κ3) is 4.05. The quantitative estimate of drug-likeness (QED) is 0.515. The minimum absolute atomic E-state index is 0.709. The first-order chi connectivity index (χ1) is 11.6. The van der Waals surface area contributed by atoms with E-state index in [1.54, 1.807) is 0 Å². The van der Waals surface area contributed by atoms with Crippen LogP contribution in [0.5, 0.6) is 0 Å². The van der Waals surface area contributed by atoms with Crippen LogP contribution in [0.3, 0.4) is 0 Å². The highest BCUT2D eigenvalue weighted by atomic mass is 15.1. The predicted octanol–water partition coefficient (Wildman–Crippen LogP) is 5.38. The molecule has 0 amide bonds. The SMILES string of the molecule is CCN(C)/C=N\c1cc(C)c(Cc2cccc(C)c2)cc1C1CC1. The van der Waals surface area contributed by atoms with Crippen LogP contribution in [0.25, 0.3) is 0 Å². The molecule has 2 heteroatoms. The van der Waals surface area contributed by atoms with Gasteiger partial charge in [-0.25, -0.2) is 4.99 Å². The standard InChI is InChI=1S/C22H28N2/c1-5-24(4)15-23-22-12-17(3)20(14-21(22)19-9-10-19)13-18-8-6-7-16(2)11-18/h6-8,11-12,14-15,19H,5,9-10,13H2,1-4H3/b23-15-. The Morgan fingerprint density at radius 2 is 1.96 bits per heavy atom. The van der Waals surface area contributed by atoms with Crippen molar-refractivity contribution >= 4 is 12.0 Å². The summed E-state index contributed by atoms with van der Waals surface area (Å²) >= 11 is 0. The summed E-state index contributed by atoms with van der Waals surface area (Å²) in [6.07, 6.45) is 5.57. The van der Waals surface area contributed by atoms with Gasteiger partial charge in [0, 0.05) is 13.6 Å². The molecule has 0 bridgehead atoms. The Bertz CT molecular complexity index is 742. The smallest absolute Gasteiger partial charge is 0.0909 e. The molecule has 1 fully saturated rings. The van der Waals surface area contributed by atoms with Gasteiger partial charge in [0.2, 0.25) is 0 Å². The predicted molar refractivity (Wildman–Crippen MR) is 104 cm³/mol. The van der Waals surface area contributed by atoms with E-state index in [0.717, 1.165) is 18.7 Å². The Kier molecular flexibility index (Phi) is 5.03. The van der Waals surface area contributed by atoms with Crippen LogP contribution in [0.4, 0.5) is 5.69 Å². The maximum atomic E-state index is 4.76. The molecular weight excluding hydrogens is 292 g/mol. The van der Waals surface area contributed by atoms with Crippen molar-refractivity contribution in [1.82, 2.24) is 4.90 Å². The van der Waals surface area contributed by atoms with Crippen molar-refractivity contribution in [3.8, 4) is 0 Å². The number of hydrogen-bond acceptors (Lipinski definition) is 1. The Morgan fingerprint density at radius 3 is 2.62 bits per heavy atom. The van der Waals surface area contributed by atoms with Crippen LogP contribution in [-0.2, 0) is 6.42 Å². The maximum absolute atomic E-state index is 4.76. The van der Waals surface area contributed by atoms with Gasteiger partial charge >= 0.3 is 0 Å².